The standard InChI is InChI=1S/C20H23N3O/c1-14-12-20(24-4)16(3)15(2)19(14)11-10-17-13-23(22-21-17)18-8-6-5-7-9-18/h5-9,12-13H,10-11H2,1-4H3. The second kappa shape index (κ2) is 6.87. The van der Waals surface area contributed by atoms with Crippen LogP contribution in [0.5, 0.6) is 5.75 Å². The van der Waals surface area contributed by atoms with Crippen molar-refractivity contribution in [2.24, 2.45) is 0 Å². The molecule has 0 amide bonds. The summed E-state index contributed by atoms with van der Waals surface area (Å²) >= 11 is 0. The van der Waals surface area contributed by atoms with Crippen LogP contribution in [0.3, 0.4) is 0 Å². The Morgan fingerprint density at radius 3 is 2.46 bits per heavy atom. The Hall–Kier alpha value is -2.62. The average Bonchev–Trinajstić information content (AvgIpc) is 3.08. The van der Waals surface area contributed by atoms with Crippen molar-refractivity contribution in [1.29, 1.82) is 0 Å². The average molecular weight is 321 g/mol. The van der Waals surface area contributed by atoms with Crippen molar-refractivity contribution in [1.82, 2.24) is 15.0 Å². The summed E-state index contributed by atoms with van der Waals surface area (Å²) in [4.78, 5) is 0. The monoisotopic (exact) mass is 321 g/mol. The molecule has 0 aliphatic carbocycles. The Kier molecular flexibility index (Phi) is 4.65. The summed E-state index contributed by atoms with van der Waals surface area (Å²) in [7, 11) is 1.72. The van der Waals surface area contributed by atoms with Crippen LogP contribution in [0, 0.1) is 20.8 Å². The van der Waals surface area contributed by atoms with Gasteiger partial charge in [0.2, 0.25) is 0 Å². The van der Waals surface area contributed by atoms with Gasteiger partial charge in [-0.1, -0.05) is 23.4 Å². The zero-order valence-electron chi connectivity index (χ0n) is 14.7. The number of aryl methyl sites for hydroxylation is 2. The van der Waals surface area contributed by atoms with Crippen LogP contribution in [0.1, 0.15) is 27.9 Å². The highest BCUT2D eigenvalue weighted by Gasteiger charge is 2.12. The molecule has 0 radical (unpaired) electrons. The first-order valence-electron chi connectivity index (χ1n) is 8.20. The Morgan fingerprint density at radius 2 is 1.75 bits per heavy atom. The molecular weight excluding hydrogens is 298 g/mol. The minimum Gasteiger partial charge on any atom is -0.496 e. The summed E-state index contributed by atoms with van der Waals surface area (Å²) in [5, 5.41) is 8.55. The van der Waals surface area contributed by atoms with Gasteiger partial charge < -0.3 is 4.74 Å². The molecule has 3 aromatic rings. The largest absolute Gasteiger partial charge is 0.496 e. The zero-order chi connectivity index (χ0) is 17.1. The molecular formula is C20H23N3O. The van der Waals surface area contributed by atoms with Crippen LogP contribution in [-0.4, -0.2) is 22.1 Å². The topological polar surface area (TPSA) is 39.9 Å². The second-order valence-electron chi connectivity index (χ2n) is 6.11. The minimum atomic E-state index is 0.875. The van der Waals surface area contributed by atoms with E-state index in [2.05, 4.69) is 37.1 Å². The lowest BCUT2D eigenvalue weighted by Crippen LogP contribution is -2.02. The molecule has 0 atom stereocenters. The van der Waals surface area contributed by atoms with Gasteiger partial charge in [0, 0.05) is 0 Å². The Labute approximate surface area is 143 Å². The van der Waals surface area contributed by atoms with Gasteiger partial charge >= 0.3 is 0 Å². The number of benzene rings is 2. The van der Waals surface area contributed by atoms with E-state index in [1.54, 1.807) is 7.11 Å². The molecule has 0 spiro atoms. The minimum absolute atomic E-state index is 0.875. The molecule has 0 fully saturated rings. The molecule has 4 heteroatoms. The molecule has 2 aromatic carbocycles. The first kappa shape index (κ1) is 16.2. The quantitative estimate of drug-likeness (QED) is 0.713. The first-order valence-corrected chi connectivity index (χ1v) is 8.20. The molecule has 0 unspecified atom stereocenters. The normalized spacial score (nSPS) is 10.8. The molecule has 0 N–H and O–H groups in total. The van der Waals surface area contributed by atoms with Crippen molar-refractivity contribution in [2.45, 2.75) is 33.6 Å². The Morgan fingerprint density at radius 1 is 1.00 bits per heavy atom. The summed E-state index contributed by atoms with van der Waals surface area (Å²) in [5.74, 6) is 0.962. The number of hydrogen-bond acceptors (Lipinski definition) is 3. The molecule has 0 aliphatic rings. The van der Waals surface area contributed by atoms with Crippen molar-refractivity contribution in [3.05, 3.63) is 70.5 Å². The number of rotatable bonds is 5. The molecule has 1 aromatic heterocycles. The number of ether oxygens (including phenoxy) is 1. The number of hydrogen-bond donors (Lipinski definition) is 0. The number of aromatic nitrogens is 3. The van der Waals surface area contributed by atoms with E-state index in [-0.39, 0.29) is 0 Å². The fraction of sp³-hybridized carbons (Fsp3) is 0.300. The van der Waals surface area contributed by atoms with Gasteiger partial charge in [-0.15, -0.1) is 5.10 Å². The Bertz CT molecular complexity index is 838. The van der Waals surface area contributed by atoms with Gasteiger partial charge in [0.05, 0.1) is 24.7 Å². The predicted molar refractivity (Wildman–Crippen MR) is 96.0 cm³/mol. The van der Waals surface area contributed by atoms with Crippen LogP contribution in [0.15, 0.2) is 42.6 Å². The fourth-order valence-corrected chi connectivity index (χ4v) is 3.07. The lowest BCUT2D eigenvalue weighted by Gasteiger charge is -2.15. The van der Waals surface area contributed by atoms with Crippen molar-refractivity contribution in [3.63, 3.8) is 0 Å². The first-order chi connectivity index (χ1) is 11.6. The third-order valence-corrected chi connectivity index (χ3v) is 4.62. The van der Waals surface area contributed by atoms with Gasteiger partial charge in [0.1, 0.15) is 5.75 Å². The molecule has 0 saturated carbocycles. The summed E-state index contributed by atoms with van der Waals surface area (Å²) < 4.78 is 7.28. The van der Waals surface area contributed by atoms with Crippen LogP contribution >= 0.6 is 0 Å². The zero-order valence-corrected chi connectivity index (χ0v) is 14.7. The smallest absolute Gasteiger partial charge is 0.122 e. The van der Waals surface area contributed by atoms with Gasteiger partial charge in [-0.3, -0.25) is 0 Å². The second-order valence-corrected chi connectivity index (χ2v) is 6.11. The predicted octanol–water partition coefficient (Wildman–Crippen LogP) is 3.99. The van der Waals surface area contributed by atoms with Gasteiger partial charge in [-0.2, -0.15) is 0 Å². The van der Waals surface area contributed by atoms with E-state index in [9.17, 15) is 0 Å². The summed E-state index contributed by atoms with van der Waals surface area (Å²) in [6.45, 7) is 6.43. The highest BCUT2D eigenvalue weighted by Crippen LogP contribution is 2.28. The van der Waals surface area contributed by atoms with Gasteiger partial charge in [-0.25, -0.2) is 4.68 Å². The summed E-state index contributed by atoms with van der Waals surface area (Å²) in [6, 6.07) is 12.2. The molecule has 4 nitrogen and oxygen atoms in total. The fourth-order valence-electron chi connectivity index (χ4n) is 3.07. The summed E-state index contributed by atoms with van der Waals surface area (Å²) in [5.41, 5.74) is 7.20. The van der Waals surface area contributed by atoms with Crippen molar-refractivity contribution in [3.8, 4) is 11.4 Å². The van der Waals surface area contributed by atoms with E-state index >= 15 is 0 Å². The van der Waals surface area contributed by atoms with Crippen LogP contribution < -0.4 is 4.74 Å². The maximum absolute atomic E-state index is 5.45. The molecule has 24 heavy (non-hydrogen) atoms. The van der Waals surface area contributed by atoms with Crippen LogP contribution in [0.2, 0.25) is 0 Å². The maximum atomic E-state index is 5.45. The lowest BCUT2D eigenvalue weighted by atomic mass is 9.94. The van der Waals surface area contributed by atoms with Crippen LogP contribution in [0.4, 0.5) is 0 Å². The van der Waals surface area contributed by atoms with E-state index in [1.165, 1.54) is 22.3 Å². The SMILES string of the molecule is COc1cc(C)c(CCc2cn(-c3ccccc3)nn2)c(C)c1C. The lowest BCUT2D eigenvalue weighted by molar-refractivity contribution is 0.410. The van der Waals surface area contributed by atoms with Crippen molar-refractivity contribution in [2.75, 3.05) is 7.11 Å². The van der Waals surface area contributed by atoms with Crippen molar-refractivity contribution >= 4 is 0 Å². The highest BCUT2D eigenvalue weighted by atomic mass is 16.5. The number of nitrogens with zero attached hydrogens (tertiary/aromatic N) is 3. The van der Waals surface area contributed by atoms with E-state index < -0.39 is 0 Å². The molecule has 0 bridgehead atoms. The number of methoxy groups -OCH3 is 1. The molecule has 0 aliphatic heterocycles. The van der Waals surface area contributed by atoms with E-state index in [1.807, 2.05) is 41.2 Å². The third-order valence-electron chi connectivity index (χ3n) is 4.62. The highest BCUT2D eigenvalue weighted by molar-refractivity contribution is 5.48. The van der Waals surface area contributed by atoms with E-state index in [0.29, 0.717) is 0 Å². The maximum Gasteiger partial charge on any atom is 0.122 e. The molecule has 1 heterocycles. The third kappa shape index (κ3) is 3.18. The van der Waals surface area contributed by atoms with Crippen LogP contribution in [0.25, 0.3) is 5.69 Å². The van der Waals surface area contributed by atoms with E-state index in [4.69, 9.17) is 4.74 Å². The van der Waals surface area contributed by atoms with Crippen LogP contribution in [-0.2, 0) is 12.8 Å². The van der Waals surface area contributed by atoms with Gasteiger partial charge in [0.15, 0.2) is 0 Å². The molecule has 0 saturated heterocycles. The number of para-hydroxylation sites is 1. The summed E-state index contributed by atoms with van der Waals surface area (Å²) in [6.07, 6.45) is 3.84. The molecule has 124 valence electrons. The molecule has 3 rings (SSSR count). The van der Waals surface area contributed by atoms with Gasteiger partial charge in [-0.05, 0) is 74.1 Å². The van der Waals surface area contributed by atoms with Crippen molar-refractivity contribution < 1.29 is 4.74 Å². The Balaban J connectivity index is 1.78. The van der Waals surface area contributed by atoms with Gasteiger partial charge in [0.25, 0.3) is 0 Å². The van der Waals surface area contributed by atoms with E-state index in [0.717, 1.165) is 30.0 Å².